The van der Waals surface area contributed by atoms with E-state index in [1.54, 1.807) is 29.1 Å². The first-order valence-corrected chi connectivity index (χ1v) is 8.61. The number of benzene rings is 1. The first kappa shape index (κ1) is 16.7. The van der Waals surface area contributed by atoms with E-state index in [4.69, 9.17) is 0 Å². The fraction of sp³-hybridized carbons (Fsp3) is 0.0455. The van der Waals surface area contributed by atoms with E-state index >= 15 is 0 Å². The zero-order valence-corrected chi connectivity index (χ0v) is 14.5. The van der Waals surface area contributed by atoms with Crippen molar-refractivity contribution in [3.05, 3.63) is 96.6 Å². The summed E-state index contributed by atoms with van der Waals surface area (Å²) < 4.78 is 1.76. The SMILES string of the molecule is O=C(NCc1cccnc1)C(=O)c1c(-c2ccccc2)cc2ccccn12. The van der Waals surface area contributed by atoms with Crippen molar-refractivity contribution in [3.8, 4) is 11.1 Å². The second-order valence-corrected chi connectivity index (χ2v) is 6.14. The molecule has 0 saturated carbocycles. The van der Waals surface area contributed by atoms with Crippen molar-refractivity contribution in [3.63, 3.8) is 0 Å². The Morgan fingerprint density at radius 3 is 2.56 bits per heavy atom. The molecule has 1 aromatic carbocycles. The summed E-state index contributed by atoms with van der Waals surface area (Å²) in [5, 5.41) is 2.69. The summed E-state index contributed by atoms with van der Waals surface area (Å²) in [6, 6.07) is 20.8. The van der Waals surface area contributed by atoms with Gasteiger partial charge in [0.15, 0.2) is 0 Å². The summed E-state index contributed by atoms with van der Waals surface area (Å²) >= 11 is 0. The van der Waals surface area contributed by atoms with E-state index in [0.717, 1.165) is 22.2 Å². The number of nitrogens with zero attached hydrogens (tertiary/aromatic N) is 2. The molecule has 5 nitrogen and oxygen atoms in total. The molecule has 1 N–H and O–H groups in total. The minimum atomic E-state index is -0.639. The molecule has 27 heavy (non-hydrogen) atoms. The Bertz CT molecular complexity index is 1100. The van der Waals surface area contributed by atoms with Crippen LogP contribution in [0.1, 0.15) is 16.1 Å². The lowest BCUT2D eigenvalue weighted by Gasteiger charge is -2.07. The van der Waals surface area contributed by atoms with Crippen molar-refractivity contribution >= 4 is 17.2 Å². The molecule has 5 heteroatoms. The first-order chi connectivity index (χ1) is 13.2. The van der Waals surface area contributed by atoms with Gasteiger partial charge in [0.25, 0.3) is 11.7 Å². The third-order valence-electron chi connectivity index (χ3n) is 4.36. The number of rotatable bonds is 5. The molecule has 0 fully saturated rings. The Morgan fingerprint density at radius 2 is 1.78 bits per heavy atom. The molecule has 4 aromatic rings. The largest absolute Gasteiger partial charge is 0.345 e. The molecule has 0 saturated heterocycles. The molecule has 0 radical (unpaired) electrons. The third kappa shape index (κ3) is 3.35. The van der Waals surface area contributed by atoms with Crippen molar-refractivity contribution in [2.45, 2.75) is 6.54 Å². The van der Waals surface area contributed by atoms with Gasteiger partial charge in [-0.3, -0.25) is 14.6 Å². The number of fused-ring (bicyclic) bond motifs is 1. The van der Waals surface area contributed by atoms with Gasteiger partial charge in [0, 0.05) is 36.2 Å². The number of amides is 1. The number of Topliss-reactive ketones (excluding diaryl/α,β-unsaturated/α-hetero) is 1. The summed E-state index contributed by atoms with van der Waals surface area (Å²) in [4.78, 5) is 29.5. The Morgan fingerprint density at radius 1 is 0.963 bits per heavy atom. The van der Waals surface area contributed by atoms with Crippen molar-refractivity contribution < 1.29 is 9.59 Å². The summed E-state index contributed by atoms with van der Waals surface area (Å²) in [5.74, 6) is -1.20. The molecule has 0 bridgehead atoms. The van der Waals surface area contributed by atoms with Crippen molar-refractivity contribution in [1.82, 2.24) is 14.7 Å². The Hall–Kier alpha value is -3.73. The molecule has 0 aliphatic carbocycles. The van der Waals surface area contributed by atoms with E-state index in [2.05, 4.69) is 10.3 Å². The minimum Gasteiger partial charge on any atom is -0.345 e. The van der Waals surface area contributed by atoms with Gasteiger partial charge in [-0.2, -0.15) is 0 Å². The molecule has 0 aliphatic heterocycles. The number of pyridine rings is 2. The van der Waals surface area contributed by atoms with Crippen LogP contribution in [0.15, 0.2) is 85.3 Å². The van der Waals surface area contributed by atoms with Gasteiger partial charge in [0.2, 0.25) is 0 Å². The second-order valence-electron chi connectivity index (χ2n) is 6.14. The molecule has 0 atom stereocenters. The fourth-order valence-electron chi connectivity index (χ4n) is 3.07. The summed E-state index contributed by atoms with van der Waals surface area (Å²) in [6.45, 7) is 0.252. The van der Waals surface area contributed by atoms with Crippen molar-refractivity contribution in [1.29, 1.82) is 0 Å². The molecule has 0 aliphatic rings. The smallest absolute Gasteiger partial charge is 0.294 e. The van der Waals surface area contributed by atoms with Crippen LogP contribution in [0.5, 0.6) is 0 Å². The number of hydrogen-bond acceptors (Lipinski definition) is 3. The second kappa shape index (κ2) is 7.25. The molecular formula is C22H17N3O2. The van der Waals surface area contributed by atoms with E-state index in [-0.39, 0.29) is 6.54 Å². The topological polar surface area (TPSA) is 63.5 Å². The lowest BCUT2D eigenvalue weighted by Crippen LogP contribution is -2.31. The van der Waals surface area contributed by atoms with Crippen LogP contribution in [0.25, 0.3) is 16.6 Å². The van der Waals surface area contributed by atoms with Gasteiger partial charge < -0.3 is 9.72 Å². The van der Waals surface area contributed by atoms with Crippen LogP contribution in [0, 0.1) is 0 Å². The van der Waals surface area contributed by atoms with Gasteiger partial charge in [0.05, 0.1) is 0 Å². The number of aromatic nitrogens is 2. The van der Waals surface area contributed by atoms with Crippen molar-refractivity contribution in [2.24, 2.45) is 0 Å². The van der Waals surface area contributed by atoms with E-state index in [1.165, 1.54) is 0 Å². The normalized spacial score (nSPS) is 10.7. The average Bonchev–Trinajstić information content (AvgIpc) is 3.12. The zero-order valence-electron chi connectivity index (χ0n) is 14.5. The van der Waals surface area contributed by atoms with E-state index < -0.39 is 11.7 Å². The van der Waals surface area contributed by atoms with Crippen LogP contribution in [0.4, 0.5) is 0 Å². The Kier molecular flexibility index (Phi) is 4.49. The molecule has 0 unspecified atom stereocenters. The maximum Gasteiger partial charge on any atom is 0.294 e. The molecule has 3 aromatic heterocycles. The third-order valence-corrected chi connectivity index (χ3v) is 4.36. The fourth-order valence-corrected chi connectivity index (χ4v) is 3.07. The quantitative estimate of drug-likeness (QED) is 0.440. The molecule has 3 heterocycles. The summed E-state index contributed by atoms with van der Waals surface area (Å²) in [5.41, 5.74) is 3.69. The summed E-state index contributed by atoms with van der Waals surface area (Å²) in [7, 11) is 0. The van der Waals surface area contributed by atoms with Gasteiger partial charge in [-0.15, -0.1) is 0 Å². The standard InChI is InChI=1S/C22H17N3O2/c26-21(22(27)24-15-16-7-6-11-23-14-16)20-19(17-8-2-1-3-9-17)13-18-10-4-5-12-25(18)20/h1-14H,15H2,(H,24,27). The number of nitrogens with one attached hydrogen (secondary N) is 1. The summed E-state index contributed by atoms with van der Waals surface area (Å²) in [6.07, 6.45) is 5.12. The highest BCUT2D eigenvalue weighted by molar-refractivity contribution is 6.43. The van der Waals surface area contributed by atoms with Gasteiger partial charge >= 0.3 is 0 Å². The van der Waals surface area contributed by atoms with Crippen LogP contribution in [-0.4, -0.2) is 21.1 Å². The number of hydrogen-bond donors (Lipinski definition) is 1. The van der Waals surface area contributed by atoms with Gasteiger partial charge in [-0.1, -0.05) is 42.5 Å². The van der Waals surface area contributed by atoms with Gasteiger partial charge in [-0.25, -0.2) is 0 Å². The first-order valence-electron chi connectivity index (χ1n) is 8.61. The van der Waals surface area contributed by atoms with Gasteiger partial charge in [0.1, 0.15) is 5.69 Å². The highest BCUT2D eigenvalue weighted by atomic mass is 16.2. The molecule has 4 rings (SSSR count). The van der Waals surface area contributed by atoms with Crippen LogP contribution >= 0.6 is 0 Å². The predicted molar refractivity (Wildman–Crippen MR) is 103 cm³/mol. The van der Waals surface area contributed by atoms with E-state index in [1.807, 2.05) is 60.7 Å². The molecule has 1 amide bonds. The average molecular weight is 355 g/mol. The van der Waals surface area contributed by atoms with Crippen LogP contribution in [-0.2, 0) is 11.3 Å². The Labute approximate surface area is 156 Å². The predicted octanol–water partition coefficient (Wildman–Crippen LogP) is 3.50. The van der Waals surface area contributed by atoms with E-state index in [0.29, 0.717) is 5.69 Å². The minimum absolute atomic E-state index is 0.252. The molecule has 0 spiro atoms. The van der Waals surface area contributed by atoms with Crippen LogP contribution < -0.4 is 5.32 Å². The van der Waals surface area contributed by atoms with Crippen molar-refractivity contribution in [2.75, 3.05) is 0 Å². The van der Waals surface area contributed by atoms with Crippen LogP contribution in [0.2, 0.25) is 0 Å². The molecule has 132 valence electrons. The lowest BCUT2D eigenvalue weighted by molar-refractivity contribution is -0.117. The number of carbonyl (C=O) groups excluding carboxylic acids is 2. The molecular weight excluding hydrogens is 338 g/mol. The highest BCUT2D eigenvalue weighted by Crippen LogP contribution is 2.28. The number of carbonyl (C=O) groups is 2. The Balaban J connectivity index is 1.69. The zero-order chi connectivity index (χ0) is 18.6. The van der Waals surface area contributed by atoms with E-state index in [9.17, 15) is 9.59 Å². The maximum absolute atomic E-state index is 13.0. The van der Waals surface area contributed by atoms with Crippen LogP contribution in [0.3, 0.4) is 0 Å². The maximum atomic E-state index is 13.0. The monoisotopic (exact) mass is 355 g/mol. The lowest BCUT2D eigenvalue weighted by atomic mass is 10.0. The van der Waals surface area contributed by atoms with Gasteiger partial charge in [-0.05, 0) is 35.4 Å². The highest BCUT2D eigenvalue weighted by Gasteiger charge is 2.24. The number of ketones is 1.